The number of benzene rings is 1. The van der Waals surface area contributed by atoms with Crippen LogP contribution in [0.1, 0.15) is 12.0 Å². The second kappa shape index (κ2) is 4.23. The first-order valence-electron chi connectivity index (χ1n) is 5.02. The van der Waals surface area contributed by atoms with Crippen LogP contribution >= 0.6 is 12.2 Å². The summed E-state index contributed by atoms with van der Waals surface area (Å²) in [4.78, 5) is -0.139. The Morgan fingerprint density at radius 1 is 1.47 bits per heavy atom. The number of nitrogens with two attached hydrogens (primary N) is 1. The van der Waals surface area contributed by atoms with Gasteiger partial charge in [0.15, 0.2) is 0 Å². The maximum absolute atomic E-state index is 13.6. The molecule has 0 unspecified atom stereocenters. The summed E-state index contributed by atoms with van der Waals surface area (Å²) in [5.74, 6) is -0.530. The van der Waals surface area contributed by atoms with E-state index in [0.717, 1.165) is 0 Å². The molecule has 0 atom stereocenters. The quantitative estimate of drug-likeness (QED) is 0.817. The number of halogens is 1. The zero-order chi connectivity index (χ0) is 12.6. The van der Waals surface area contributed by atoms with Crippen molar-refractivity contribution in [3.8, 4) is 0 Å². The van der Waals surface area contributed by atoms with Crippen LogP contribution < -0.4 is 10.0 Å². The van der Waals surface area contributed by atoms with Gasteiger partial charge in [-0.05, 0) is 18.6 Å². The first kappa shape index (κ1) is 12.3. The Kier molecular flexibility index (Phi) is 3.05. The van der Waals surface area contributed by atoms with E-state index in [2.05, 4.69) is 0 Å². The lowest BCUT2D eigenvalue weighted by Gasteiger charge is -2.20. The van der Waals surface area contributed by atoms with E-state index < -0.39 is 15.8 Å². The molecule has 2 N–H and O–H groups in total. The minimum Gasteiger partial charge on any atom is -0.389 e. The van der Waals surface area contributed by atoms with Crippen LogP contribution in [0.4, 0.5) is 10.1 Å². The molecule has 92 valence electrons. The summed E-state index contributed by atoms with van der Waals surface area (Å²) < 4.78 is 38.3. The fourth-order valence-electron chi connectivity index (χ4n) is 1.87. The molecule has 0 radical (unpaired) electrons. The summed E-state index contributed by atoms with van der Waals surface area (Å²) in [7, 11) is -3.36. The van der Waals surface area contributed by atoms with Crippen LogP contribution in [-0.4, -0.2) is 25.7 Å². The molecule has 0 spiro atoms. The summed E-state index contributed by atoms with van der Waals surface area (Å²) in [6, 6.07) is 4.17. The number of hydrogen-bond donors (Lipinski definition) is 1. The molecule has 0 bridgehead atoms. The highest BCUT2D eigenvalue weighted by molar-refractivity contribution is 7.93. The molecule has 0 amide bonds. The van der Waals surface area contributed by atoms with Crippen molar-refractivity contribution in [3.63, 3.8) is 0 Å². The number of anilines is 1. The van der Waals surface area contributed by atoms with Crippen molar-refractivity contribution in [1.29, 1.82) is 0 Å². The Labute approximate surface area is 104 Å². The van der Waals surface area contributed by atoms with E-state index in [0.29, 0.717) is 13.0 Å². The fraction of sp³-hybridized carbons (Fsp3) is 0.300. The third-order valence-electron chi connectivity index (χ3n) is 2.61. The van der Waals surface area contributed by atoms with Gasteiger partial charge in [0.05, 0.1) is 17.0 Å². The molecular weight excluding hydrogens is 263 g/mol. The summed E-state index contributed by atoms with van der Waals surface area (Å²) in [5, 5.41) is 0. The van der Waals surface area contributed by atoms with Gasteiger partial charge in [-0.2, -0.15) is 0 Å². The molecular formula is C10H11FN2O2S2. The van der Waals surface area contributed by atoms with Crippen molar-refractivity contribution in [3.05, 3.63) is 29.6 Å². The van der Waals surface area contributed by atoms with E-state index in [1.807, 2.05) is 0 Å². The molecule has 0 saturated carbocycles. The van der Waals surface area contributed by atoms with E-state index in [1.165, 1.54) is 22.5 Å². The average molecular weight is 274 g/mol. The van der Waals surface area contributed by atoms with Crippen LogP contribution in [0.25, 0.3) is 0 Å². The van der Waals surface area contributed by atoms with Crippen molar-refractivity contribution in [2.45, 2.75) is 6.42 Å². The summed E-state index contributed by atoms with van der Waals surface area (Å²) >= 11 is 4.76. The third-order valence-corrected chi connectivity index (χ3v) is 4.67. The van der Waals surface area contributed by atoms with E-state index in [-0.39, 0.29) is 22.0 Å². The van der Waals surface area contributed by atoms with Gasteiger partial charge < -0.3 is 5.73 Å². The van der Waals surface area contributed by atoms with E-state index in [4.69, 9.17) is 18.0 Å². The molecule has 1 aliphatic heterocycles. The molecule has 1 fully saturated rings. The highest BCUT2D eigenvalue weighted by atomic mass is 32.2. The standard InChI is InChI=1S/C10H11FN2O2S2/c11-7-3-1-4-8(9(7)10(12)16)13-5-2-6-17(13,14)15/h1,3-4H,2,5-6H2,(H2,12,16). The zero-order valence-corrected chi connectivity index (χ0v) is 10.5. The summed E-state index contributed by atoms with van der Waals surface area (Å²) in [6.07, 6.45) is 0.523. The second-order valence-corrected chi connectivity index (χ2v) is 6.19. The molecule has 1 heterocycles. The van der Waals surface area contributed by atoms with E-state index >= 15 is 0 Å². The first-order valence-corrected chi connectivity index (χ1v) is 7.04. The van der Waals surface area contributed by atoms with Gasteiger partial charge in [0, 0.05) is 6.54 Å². The molecule has 17 heavy (non-hydrogen) atoms. The van der Waals surface area contributed by atoms with Gasteiger partial charge in [-0.15, -0.1) is 0 Å². The molecule has 2 rings (SSSR count). The molecule has 1 saturated heterocycles. The van der Waals surface area contributed by atoms with Crippen molar-refractivity contribution < 1.29 is 12.8 Å². The van der Waals surface area contributed by atoms with Gasteiger partial charge in [0.2, 0.25) is 10.0 Å². The second-order valence-electron chi connectivity index (χ2n) is 3.74. The lowest BCUT2D eigenvalue weighted by molar-refractivity contribution is 0.599. The number of nitrogens with zero attached hydrogens (tertiary/aromatic N) is 1. The number of sulfonamides is 1. The van der Waals surface area contributed by atoms with Gasteiger partial charge in [-0.25, -0.2) is 12.8 Å². The van der Waals surface area contributed by atoms with Gasteiger partial charge >= 0.3 is 0 Å². The normalized spacial score (nSPS) is 18.3. The molecule has 1 aromatic carbocycles. The largest absolute Gasteiger partial charge is 0.389 e. The third kappa shape index (κ3) is 2.12. The van der Waals surface area contributed by atoms with Gasteiger partial charge in [-0.3, -0.25) is 4.31 Å². The van der Waals surface area contributed by atoms with E-state index in [9.17, 15) is 12.8 Å². The highest BCUT2D eigenvalue weighted by Gasteiger charge is 2.31. The predicted molar refractivity (Wildman–Crippen MR) is 68.0 cm³/mol. The summed E-state index contributed by atoms with van der Waals surface area (Å²) in [6.45, 7) is 0.335. The minimum atomic E-state index is -3.36. The molecule has 1 aliphatic rings. The SMILES string of the molecule is NC(=S)c1c(F)cccc1N1CCCS1(=O)=O. The fourth-order valence-corrected chi connectivity index (χ4v) is 3.65. The van der Waals surface area contributed by atoms with Crippen LogP contribution in [0.2, 0.25) is 0 Å². The smallest absolute Gasteiger partial charge is 0.235 e. The maximum atomic E-state index is 13.6. The van der Waals surface area contributed by atoms with Crippen molar-refractivity contribution in [2.24, 2.45) is 5.73 Å². The topological polar surface area (TPSA) is 63.4 Å². The van der Waals surface area contributed by atoms with E-state index in [1.54, 1.807) is 0 Å². The first-order chi connectivity index (χ1) is 7.93. The maximum Gasteiger partial charge on any atom is 0.235 e. The molecule has 0 aliphatic carbocycles. The Morgan fingerprint density at radius 3 is 2.71 bits per heavy atom. The molecule has 4 nitrogen and oxygen atoms in total. The average Bonchev–Trinajstić information content (AvgIpc) is 2.57. The number of rotatable bonds is 2. The minimum absolute atomic E-state index is 0.00650. The Hall–Kier alpha value is -1.21. The van der Waals surface area contributed by atoms with Gasteiger partial charge in [0.1, 0.15) is 10.8 Å². The monoisotopic (exact) mass is 274 g/mol. The molecule has 1 aromatic rings. The van der Waals surface area contributed by atoms with Crippen molar-refractivity contribution in [1.82, 2.24) is 0 Å². The summed E-state index contributed by atoms with van der Waals surface area (Å²) in [5.41, 5.74) is 5.67. The highest BCUT2D eigenvalue weighted by Crippen LogP contribution is 2.29. The molecule has 7 heteroatoms. The van der Waals surface area contributed by atoms with Crippen LogP contribution in [0.5, 0.6) is 0 Å². The molecule has 0 aromatic heterocycles. The van der Waals surface area contributed by atoms with Crippen LogP contribution in [0.3, 0.4) is 0 Å². The lowest BCUT2D eigenvalue weighted by atomic mass is 10.1. The lowest BCUT2D eigenvalue weighted by Crippen LogP contribution is -2.28. The van der Waals surface area contributed by atoms with Crippen LogP contribution in [0.15, 0.2) is 18.2 Å². The van der Waals surface area contributed by atoms with Crippen molar-refractivity contribution in [2.75, 3.05) is 16.6 Å². The Balaban J connectivity index is 2.60. The van der Waals surface area contributed by atoms with Gasteiger partial charge in [-0.1, -0.05) is 18.3 Å². The number of hydrogen-bond acceptors (Lipinski definition) is 3. The van der Waals surface area contributed by atoms with Crippen LogP contribution in [-0.2, 0) is 10.0 Å². The predicted octanol–water partition coefficient (Wildman–Crippen LogP) is 1.000. The van der Waals surface area contributed by atoms with Crippen molar-refractivity contribution >= 4 is 32.9 Å². The number of thiocarbonyl (C=S) groups is 1. The van der Waals surface area contributed by atoms with Crippen LogP contribution in [0, 0.1) is 5.82 Å². The zero-order valence-electron chi connectivity index (χ0n) is 8.89. The van der Waals surface area contributed by atoms with Gasteiger partial charge in [0.25, 0.3) is 0 Å². The Bertz CT molecular complexity index is 572. The Morgan fingerprint density at radius 2 is 2.18 bits per heavy atom.